The lowest BCUT2D eigenvalue weighted by Crippen LogP contribution is -2.40. The van der Waals surface area contributed by atoms with Crippen LogP contribution >= 0.6 is 0 Å². The van der Waals surface area contributed by atoms with Gasteiger partial charge in [0.25, 0.3) is 11.8 Å². The number of imidazole rings is 2. The first-order chi connectivity index (χ1) is 22.6. The van der Waals surface area contributed by atoms with E-state index in [1.165, 1.54) is 0 Å². The number of nitrogens with zero attached hydrogens (tertiary/aromatic N) is 6. The Morgan fingerprint density at radius 2 is 1.26 bits per heavy atom. The van der Waals surface area contributed by atoms with Gasteiger partial charge in [0.1, 0.15) is 11.6 Å². The zero-order valence-corrected chi connectivity index (χ0v) is 25.5. The van der Waals surface area contributed by atoms with Gasteiger partial charge in [-0.3, -0.25) is 9.59 Å². The highest BCUT2D eigenvalue weighted by atomic mass is 16.5. The second-order valence-corrected chi connectivity index (χ2v) is 11.2. The van der Waals surface area contributed by atoms with Crippen LogP contribution < -0.4 is 4.90 Å². The van der Waals surface area contributed by atoms with E-state index >= 15 is 0 Å². The second-order valence-electron chi connectivity index (χ2n) is 11.2. The Hall–Kier alpha value is -4.85. The number of rotatable bonds is 4. The minimum absolute atomic E-state index is 0.0294. The van der Waals surface area contributed by atoms with Gasteiger partial charge in [0.2, 0.25) is 0 Å². The molecule has 0 unspecified atom stereocenters. The van der Waals surface area contributed by atoms with Crippen molar-refractivity contribution >= 4 is 39.7 Å². The van der Waals surface area contributed by atoms with Crippen LogP contribution in [-0.2, 0) is 14.2 Å². The van der Waals surface area contributed by atoms with Crippen LogP contribution in [0.4, 0.5) is 5.82 Å². The molecule has 0 saturated carbocycles. The molecule has 6 heterocycles. The summed E-state index contributed by atoms with van der Waals surface area (Å²) in [5.41, 5.74) is 5.75. The van der Waals surface area contributed by atoms with E-state index in [0.29, 0.717) is 76.9 Å². The van der Waals surface area contributed by atoms with Crippen LogP contribution in [0.2, 0.25) is 0 Å². The Morgan fingerprint density at radius 3 is 1.91 bits per heavy atom. The van der Waals surface area contributed by atoms with Gasteiger partial charge >= 0.3 is 0 Å². The highest BCUT2D eigenvalue weighted by Crippen LogP contribution is 2.29. The van der Waals surface area contributed by atoms with Gasteiger partial charge in [-0.05, 0) is 48.5 Å². The number of aromatic amines is 2. The molecule has 0 aliphatic carbocycles. The van der Waals surface area contributed by atoms with Crippen LogP contribution in [0.25, 0.3) is 33.5 Å². The average molecular weight is 625 g/mol. The summed E-state index contributed by atoms with van der Waals surface area (Å²) in [6.45, 7) is 8.03. The van der Waals surface area contributed by atoms with E-state index in [1.54, 1.807) is 12.5 Å². The van der Waals surface area contributed by atoms with Crippen LogP contribution in [0.3, 0.4) is 0 Å². The lowest BCUT2D eigenvalue weighted by atomic mass is 10.1. The summed E-state index contributed by atoms with van der Waals surface area (Å²) in [6.07, 6.45) is 3.43. The van der Waals surface area contributed by atoms with Gasteiger partial charge in [0.15, 0.2) is 0 Å². The van der Waals surface area contributed by atoms with Crippen molar-refractivity contribution in [2.45, 2.75) is 0 Å². The van der Waals surface area contributed by atoms with Gasteiger partial charge < -0.3 is 38.9 Å². The molecule has 3 aliphatic heterocycles. The average Bonchev–Trinajstić information content (AvgIpc) is 3.79. The maximum absolute atomic E-state index is 12.8. The number of ether oxygens (including phenoxy) is 3. The third-order valence-electron chi connectivity index (χ3n) is 8.35. The zero-order chi connectivity index (χ0) is 31.3. The van der Waals surface area contributed by atoms with Gasteiger partial charge in [-0.15, -0.1) is 0 Å². The first kappa shape index (κ1) is 29.8. The Morgan fingerprint density at radius 1 is 0.674 bits per heavy atom. The summed E-state index contributed by atoms with van der Waals surface area (Å²) in [5.74, 6) is 1.75. The van der Waals surface area contributed by atoms with Gasteiger partial charge in [-0.1, -0.05) is 0 Å². The molecule has 238 valence electrons. The highest BCUT2D eigenvalue weighted by Gasteiger charge is 2.22. The molecule has 0 bridgehead atoms. The quantitative estimate of drug-likeness (QED) is 0.309. The van der Waals surface area contributed by atoms with Crippen LogP contribution in [0, 0.1) is 0 Å². The number of fused-ring (bicyclic) bond motifs is 2. The minimum Gasteiger partial charge on any atom is -0.378 e. The van der Waals surface area contributed by atoms with Crippen molar-refractivity contribution in [2.75, 3.05) is 83.8 Å². The third-order valence-corrected chi connectivity index (χ3v) is 8.35. The van der Waals surface area contributed by atoms with Gasteiger partial charge in [0, 0.05) is 56.6 Å². The Balaban J connectivity index is 0.000000169. The van der Waals surface area contributed by atoms with E-state index < -0.39 is 0 Å². The molecule has 2 aromatic carbocycles. The van der Waals surface area contributed by atoms with Gasteiger partial charge in [-0.25, -0.2) is 15.0 Å². The first-order valence-corrected chi connectivity index (χ1v) is 15.6. The Bertz CT molecular complexity index is 1820. The number of benzene rings is 2. The van der Waals surface area contributed by atoms with Crippen LogP contribution in [-0.4, -0.2) is 125 Å². The molecule has 8 rings (SSSR count). The normalized spacial score (nSPS) is 17.2. The maximum Gasteiger partial charge on any atom is 0.254 e. The fraction of sp³-hybridized carbons (Fsp3) is 0.364. The summed E-state index contributed by atoms with van der Waals surface area (Å²) >= 11 is 0. The van der Waals surface area contributed by atoms with Crippen molar-refractivity contribution in [3.63, 3.8) is 0 Å². The number of hydrogen-bond acceptors (Lipinski definition) is 9. The monoisotopic (exact) mass is 624 g/mol. The molecule has 2 N–H and O–H groups in total. The topological polar surface area (TPSA) is 142 Å². The molecule has 5 aromatic rings. The number of carbonyl (C=O) groups is 2. The molecule has 0 spiro atoms. The van der Waals surface area contributed by atoms with Crippen LogP contribution in [0.1, 0.15) is 20.7 Å². The fourth-order valence-electron chi connectivity index (χ4n) is 5.85. The Kier molecular flexibility index (Phi) is 8.85. The summed E-state index contributed by atoms with van der Waals surface area (Å²) < 4.78 is 16.0. The molecule has 2 amide bonds. The third kappa shape index (κ3) is 6.43. The number of carbonyl (C=O) groups excluding carboxylic acids is 2. The van der Waals surface area contributed by atoms with E-state index in [2.05, 4.69) is 24.8 Å². The standard InChI is InChI=1S/C21H23N5O3.C12H13N3O2/c27-21(26-8-12-29-13-9-26)15-3-4-17-18(14-15)24-19(23-17)16-2-1-5-22-20(16)25-6-10-28-11-7-25;16-12(15-3-5-17-6-4-15)9-1-2-10-11(7-9)14-8-13-10/h1-5,14H,6-13H2,(H,23,24);1-2,7-8H,3-6H2,(H,13,14). The molecular formula is C33H36N8O5. The van der Waals surface area contributed by atoms with E-state index in [0.717, 1.165) is 52.4 Å². The smallest absolute Gasteiger partial charge is 0.254 e. The fourth-order valence-corrected chi connectivity index (χ4v) is 5.85. The molecule has 46 heavy (non-hydrogen) atoms. The van der Waals surface area contributed by atoms with Crippen molar-refractivity contribution in [1.29, 1.82) is 0 Å². The maximum atomic E-state index is 12.8. The predicted octanol–water partition coefficient (Wildman–Crippen LogP) is 2.97. The summed E-state index contributed by atoms with van der Waals surface area (Å²) in [6, 6.07) is 15.1. The number of H-pyrrole nitrogens is 2. The summed E-state index contributed by atoms with van der Waals surface area (Å²) in [7, 11) is 0. The van der Waals surface area contributed by atoms with Crippen molar-refractivity contribution in [2.24, 2.45) is 0 Å². The molecular weight excluding hydrogens is 588 g/mol. The number of pyridine rings is 1. The molecule has 13 nitrogen and oxygen atoms in total. The van der Waals surface area contributed by atoms with Crippen molar-refractivity contribution in [3.8, 4) is 11.4 Å². The minimum atomic E-state index is 0.0294. The number of nitrogens with one attached hydrogen (secondary N) is 2. The number of amides is 2. The number of aromatic nitrogens is 5. The van der Waals surface area contributed by atoms with Crippen molar-refractivity contribution < 1.29 is 23.8 Å². The van der Waals surface area contributed by atoms with E-state index in [1.807, 2.05) is 58.3 Å². The molecule has 3 aromatic heterocycles. The number of anilines is 1. The van der Waals surface area contributed by atoms with Gasteiger partial charge in [0.05, 0.1) is 73.6 Å². The summed E-state index contributed by atoms with van der Waals surface area (Å²) in [4.78, 5) is 50.7. The van der Waals surface area contributed by atoms with Crippen LogP contribution in [0.5, 0.6) is 0 Å². The van der Waals surface area contributed by atoms with Crippen molar-refractivity contribution in [3.05, 3.63) is 72.2 Å². The number of morpholine rings is 3. The van der Waals surface area contributed by atoms with Crippen LogP contribution in [0.15, 0.2) is 61.1 Å². The van der Waals surface area contributed by atoms with Gasteiger partial charge in [-0.2, -0.15) is 0 Å². The van der Waals surface area contributed by atoms with Crippen molar-refractivity contribution in [1.82, 2.24) is 34.7 Å². The van der Waals surface area contributed by atoms with E-state index in [4.69, 9.17) is 19.2 Å². The van der Waals surface area contributed by atoms with E-state index in [-0.39, 0.29) is 11.8 Å². The Labute approximate surface area is 265 Å². The molecule has 0 radical (unpaired) electrons. The lowest BCUT2D eigenvalue weighted by Gasteiger charge is -2.29. The molecule has 3 saturated heterocycles. The predicted molar refractivity (Wildman–Crippen MR) is 172 cm³/mol. The molecule has 13 heteroatoms. The second kappa shape index (κ2) is 13.6. The SMILES string of the molecule is O=C(c1ccc2nc(-c3cccnc3N3CCOCC3)[nH]c2c1)N1CCOCC1.O=C(c1ccc2nc[nH]c2c1)N1CCOCC1. The molecule has 0 atom stereocenters. The largest absolute Gasteiger partial charge is 0.378 e. The van der Waals surface area contributed by atoms with E-state index in [9.17, 15) is 9.59 Å². The first-order valence-electron chi connectivity index (χ1n) is 15.6. The lowest BCUT2D eigenvalue weighted by molar-refractivity contribution is 0.0301. The molecule has 3 aliphatic rings. The summed E-state index contributed by atoms with van der Waals surface area (Å²) in [5, 5.41) is 0. The number of hydrogen-bond donors (Lipinski definition) is 2. The highest BCUT2D eigenvalue weighted by molar-refractivity contribution is 5.98. The molecule has 3 fully saturated rings. The zero-order valence-electron chi connectivity index (χ0n) is 25.5.